The SMILES string of the molecule is CC(Cl)c1nc2ccc(Br)cc2n1-c1ccc(Cl)cc1Br. The Hall–Kier alpha value is -0.550. The minimum atomic E-state index is -0.209. The molecule has 2 nitrogen and oxygen atoms in total. The Balaban J connectivity index is 2.38. The van der Waals surface area contributed by atoms with Crippen molar-refractivity contribution >= 4 is 66.1 Å². The third-order valence-corrected chi connectivity index (χ3v) is 4.71. The van der Waals surface area contributed by atoms with Crippen LogP contribution in [0.1, 0.15) is 18.1 Å². The fourth-order valence-electron chi connectivity index (χ4n) is 2.25. The van der Waals surface area contributed by atoms with Crippen LogP contribution in [0.15, 0.2) is 45.3 Å². The summed E-state index contributed by atoms with van der Waals surface area (Å²) >= 11 is 19.4. The fraction of sp³-hybridized carbons (Fsp3) is 0.133. The van der Waals surface area contributed by atoms with E-state index in [0.717, 1.165) is 31.5 Å². The van der Waals surface area contributed by atoms with Crippen molar-refractivity contribution in [2.45, 2.75) is 12.3 Å². The molecule has 1 atom stereocenters. The molecule has 3 rings (SSSR count). The molecule has 0 radical (unpaired) electrons. The largest absolute Gasteiger partial charge is 0.294 e. The van der Waals surface area contributed by atoms with Crippen LogP contribution in [-0.2, 0) is 0 Å². The molecule has 0 amide bonds. The highest BCUT2D eigenvalue weighted by atomic mass is 79.9. The van der Waals surface area contributed by atoms with Gasteiger partial charge in [0.05, 0.1) is 22.1 Å². The molecule has 0 saturated carbocycles. The summed E-state index contributed by atoms with van der Waals surface area (Å²) < 4.78 is 3.95. The van der Waals surface area contributed by atoms with Crippen molar-refractivity contribution in [2.24, 2.45) is 0 Å². The van der Waals surface area contributed by atoms with Crippen LogP contribution in [-0.4, -0.2) is 9.55 Å². The molecule has 2 aromatic carbocycles. The Bertz CT molecular complexity index is 828. The molecular weight excluding hydrogens is 439 g/mol. The number of aromatic nitrogens is 2. The lowest BCUT2D eigenvalue weighted by atomic mass is 10.2. The molecule has 1 unspecified atom stereocenters. The molecule has 0 bridgehead atoms. The number of nitrogens with zero attached hydrogens (tertiary/aromatic N) is 2. The van der Waals surface area contributed by atoms with Gasteiger partial charge in [0.2, 0.25) is 0 Å². The van der Waals surface area contributed by atoms with Gasteiger partial charge < -0.3 is 0 Å². The van der Waals surface area contributed by atoms with Gasteiger partial charge in [0.15, 0.2) is 0 Å². The van der Waals surface area contributed by atoms with E-state index < -0.39 is 0 Å². The van der Waals surface area contributed by atoms with Gasteiger partial charge in [-0.2, -0.15) is 0 Å². The van der Waals surface area contributed by atoms with E-state index in [1.54, 1.807) is 0 Å². The highest BCUT2D eigenvalue weighted by molar-refractivity contribution is 9.10. The quantitative estimate of drug-likeness (QED) is 0.409. The molecule has 0 fully saturated rings. The average Bonchev–Trinajstić information content (AvgIpc) is 2.77. The van der Waals surface area contributed by atoms with Gasteiger partial charge in [0.1, 0.15) is 5.82 Å². The van der Waals surface area contributed by atoms with Crippen LogP contribution < -0.4 is 0 Å². The van der Waals surface area contributed by atoms with Gasteiger partial charge in [-0.3, -0.25) is 4.57 Å². The van der Waals surface area contributed by atoms with Gasteiger partial charge in [-0.25, -0.2) is 4.98 Å². The van der Waals surface area contributed by atoms with E-state index in [1.165, 1.54) is 0 Å². The molecular formula is C15H10Br2Cl2N2. The van der Waals surface area contributed by atoms with Gasteiger partial charge in [0.25, 0.3) is 0 Å². The predicted octanol–water partition coefficient (Wildman–Crippen LogP) is 6.50. The minimum Gasteiger partial charge on any atom is -0.294 e. The molecule has 0 N–H and O–H groups in total. The maximum atomic E-state index is 6.32. The summed E-state index contributed by atoms with van der Waals surface area (Å²) in [6.07, 6.45) is 0. The molecule has 108 valence electrons. The van der Waals surface area contributed by atoms with Crippen LogP contribution in [0.4, 0.5) is 0 Å². The van der Waals surface area contributed by atoms with Gasteiger partial charge >= 0.3 is 0 Å². The zero-order chi connectivity index (χ0) is 15.1. The smallest absolute Gasteiger partial charge is 0.132 e. The van der Waals surface area contributed by atoms with E-state index in [2.05, 4.69) is 41.4 Å². The average molecular weight is 449 g/mol. The molecule has 3 aromatic rings. The molecule has 1 aromatic heterocycles. The zero-order valence-corrected chi connectivity index (χ0v) is 15.6. The normalized spacial score (nSPS) is 12.8. The fourth-order valence-corrected chi connectivity index (χ4v) is 3.61. The van der Waals surface area contributed by atoms with E-state index in [1.807, 2.05) is 43.3 Å². The van der Waals surface area contributed by atoms with Crippen molar-refractivity contribution in [1.82, 2.24) is 9.55 Å². The highest BCUT2D eigenvalue weighted by Gasteiger charge is 2.18. The first-order valence-corrected chi connectivity index (χ1v) is 8.65. The Kier molecular flexibility index (Phi) is 4.33. The van der Waals surface area contributed by atoms with Gasteiger partial charge in [-0.15, -0.1) is 11.6 Å². The molecule has 0 aliphatic heterocycles. The second-order valence-electron chi connectivity index (χ2n) is 4.65. The number of imidazole rings is 1. The van der Waals surface area contributed by atoms with Gasteiger partial charge in [-0.1, -0.05) is 27.5 Å². The summed E-state index contributed by atoms with van der Waals surface area (Å²) in [5.74, 6) is 0.799. The lowest BCUT2D eigenvalue weighted by Gasteiger charge is -2.13. The summed E-state index contributed by atoms with van der Waals surface area (Å²) in [5.41, 5.74) is 2.86. The third kappa shape index (κ3) is 2.87. The zero-order valence-electron chi connectivity index (χ0n) is 10.9. The van der Waals surface area contributed by atoms with Crippen LogP contribution in [0.3, 0.4) is 0 Å². The van der Waals surface area contributed by atoms with E-state index in [4.69, 9.17) is 23.2 Å². The van der Waals surface area contributed by atoms with Crippen molar-refractivity contribution in [3.8, 4) is 5.69 Å². The molecule has 21 heavy (non-hydrogen) atoms. The first-order valence-electron chi connectivity index (χ1n) is 6.25. The van der Waals surface area contributed by atoms with Gasteiger partial charge in [-0.05, 0) is 59.3 Å². The summed E-state index contributed by atoms with van der Waals surface area (Å²) in [6, 6.07) is 11.7. The maximum Gasteiger partial charge on any atom is 0.132 e. The molecule has 1 heterocycles. The first kappa shape index (κ1) is 15.3. The summed E-state index contributed by atoms with van der Waals surface area (Å²) in [4.78, 5) is 4.65. The molecule has 0 aliphatic rings. The van der Waals surface area contributed by atoms with Crippen molar-refractivity contribution in [3.05, 3.63) is 56.2 Å². The number of halogens is 4. The van der Waals surface area contributed by atoms with E-state index in [0.29, 0.717) is 5.02 Å². The number of fused-ring (bicyclic) bond motifs is 1. The summed E-state index contributed by atoms with van der Waals surface area (Å²) in [5, 5.41) is 0.468. The van der Waals surface area contributed by atoms with Crippen molar-refractivity contribution in [2.75, 3.05) is 0 Å². The predicted molar refractivity (Wildman–Crippen MR) is 95.7 cm³/mol. The van der Waals surface area contributed by atoms with Crippen LogP contribution in [0.25, 0.3) is 16.7 Å². The second kappa shape index (κ2) is 5.92. The highest BCUT2D eigenvalue weighted by Crippen LogP contribution is 2.33. The van der Waals surface area contributed by atoms with Crippen molar-refractivity contribution < 1.29 is 0 Å². The lowest BCUT2D eigenvalue weighted by molar-refractivity contribution is 0.880. The first-order chi connectivity index (χ1) is 9.97. The Labute approximate surface area is 149 Å². The van der Waals surface area contributed by atoms with Crippen LogP contribution >= 0.6 is 55.1 Å². The molecule has 0 spiro atoms. The van der Waals surface area contributed by atoms with Crippen LogP contribution in [0.2, 0.25) is 5.02 Å². The Morgan fingerprint density at radius 1 is 1.14 bits per heavy atom. The topological polar surface area (TPSA) is 17.8 Å². The monoisotopic (exact) mass is 446 g/mol. The molecule has 0 aliphatic carbocycles. The van der Waals surface area contributed by atoms with Crippen molar-refractivity contribution in [3.63, 3.8) is 0 Å². The number of benzene rings is 2. The number of hydrogen-bond acceptors (Lipinski definition) is 1. The Morgan fingerprint density at radius 3 is 2.57 bits per heavy atom. The van der Waals surface area contributed by atoms with E-state index in [9.17, 15) is 0 Å². The minimum absolute atomic E-state index is 0.209. The summed E-state index contributed by atoms with van der Waals surface area (Å²) in [6.45, 7) is 1.91. The van der Waals surface area contributed by atoms with E-state index >= 15 is 0 Å². The van der Waals surface area contributed by atoms with E-state index in [-0.39, 0.29) is 5.38 Å². The summed E-state index contributed by atoms with van der Waals surface area (Å²) in [7, 11) is 0. The van der Waals surface area contributed by atoms with Crippen LogP contribution in [0.5, 0.6) is 0 Å². The molecule has 0 saturated heterocycles. The number of hydrogen-bond donors (Lipinski definition) is 0. The third-order valence-electron chi connectivity index (χ3n) is 3.15. The lowest BCUT2D eigenvalue weighted by Crippen LogP contribution is -2.02. The van der Waals surface area contributed by atoms with Crippen LogP contribution in [0, 0.1) is 0 Å². The van der Waals surface area contributed by atoms with Crippen molar-refractivity contribution in [1.29, 1.82) is 0 Å². The standard InChI is InChI=1S/C15H10Br2Cl2N2/c1-8(18)15-20-12-4-2-9(16)6-14(12)21(15)13-5-3-10(19)7-11(13)17/h2-8H,1H3. The van der Waals surface area contributed by atoms with Gasteiger partial charge in [0, 0.05) is 14.0 Å². The maximum absolute atomic E-state index is 6.32. The molecule has 6 heteroatoms. The number of rotatable bonds is 2. The number of alkyl halides is 1. The second-order valence-corrected chi connectivity index (χ2v) is 7.51. The Morgan fingerprint density at radius 2 is 1.90 bits per heavy atom.